The zero-order chi connectivity index (χ0) is 15.5. The van der Waals surface area contributed by atoms with Gasteiger partial charge in [0.2, 0.25) is 0 Å². The minimum atomic E-state index is -0.613. The summed E-state index contributed by atoms with van der Waals surface area (Å²) in [5, 5.41) is 17.3. The van der Waals surface area contributed by atoms with E-state index in [0.717, 1.165) is 18.5 Å². The van der Waals surface area contributed by atoms with Crippen molar-refractivity contribution >= 4 is 11.4 Å². The Labute approximate surface area is 127 Å². The van der Waals surface area contributed by atoms with E-state index in [-0.39, 0.29) is 17.4 Å². The van der Waals surface area contributed by atoms with Gasteiger partial charge in [-0.2, -0.15) is 0 Å². The van der Waals surface area contributed by atoms with E-state index in [4.69, 9.17) is 0 Å². The average Bonchev–Trinajstić information content (AvgIpc) is 2.53. The van der Waals surface area contributed by atoms with E-state index >= 15 is 0 Å². The molecule has 0 aromatic heterocycles. The zero-order valence-corrected chi connectivity index (χ0v) is 11.9. The van der Waals surface area contributed by atoms with Crippen molar-refractivity contribution < 1.29 is 9.31 Å². The minimum Gasteiger partial charge on any atom is -0.375 e. The van der Waals surface area contributed by atoms with Crippen LogP contribution in [0, 0.1) is 15.9 Å². The molecule has 0 aliphatic carbocycles. The largest absolute Gasteiger partial charge is 0.375 e. The van der Waals surface area contributed by atoms with Crippen LogP contribution in [-0.4, -0.2) is 18.0 Å². The lowest BCUT2D eigenvalue weighted by Gasteiger charge is -2.27. The van der Waals surface area contributed by atoms with Gasteiger partial charge in [-0.3, -0.25) is 10.1 Å². The normalized spacial score (nSPS) is 16.9. The molecule has 0 saturated heterocycles. The van der Waals surface area contributed by atoms with Crippen LogP contribution in [0.2, 0.25) is 0 Å². The molecule has 2 aromatic rings. The molecule has 0 bridgehead atoms. The van der Waals surface area contributed by atoms with Gasteiger partial charge in [0.05, 0.1) is 4.92 Å². The van der Waals surface area contributed by atoms with Crippen LogP contribution in [0.15, 0.2) is 42.5 Å². The number of halogens is 1. The van der Waals surface area contributed by atoms with E-state index in [1.54, 1.807) is 0 Å². The van der Waals surface area contributed by atoms with E-state index < -0.39 is 10.7 Å². The summed E-state index contributed by atoms with van der Waals surface area (Å²) in [6.07, 6.45) is 0.951. The van der Waals surface area contributed by atoms with Gasteiger partial charge in [0.15, 0.2) is 5.82 Å². The van der Waals surface area contributed by atoms with Crippen LogP contribution in [0.4, 0.5) is 15.8 Å². The third kappa shape index (κ3) is 2.78. The zero-order valence-electron chi connectivity index (χ0n) is 11.9. The molecule has 3 rings (SSSR count). The lowest BCUT2D eigenvalue weighted by molar-refractivity contribution is -0.384. The second-order valence-corrected chi connectivity index (χ2v) is 5.23. The summed E-state index contributed by atoms with van der Waals surface area (Å²) in [6.45, 7) is 1.22. The smallest absolute Gasteiger partial charge is 0.295 e. The number of hydrogen-bond donors (Lipinski definition) is 2. The predicted octanol–water partition coefficient (Wildman–Crippen LogP) is 3.03. The Kier molecular flexibility index (Phi) is 4.02. The number of rotatable bonds is 4. The summed E-state index contributed by atoms with van der Waals surface area (Å²) >= 11 is 0. The average molecular weight is 301 g/mol. The Morgan fingerprint density at radius 3 is 2.91 bits per heavy atom. The molecule has 22 heavy (non-hydrogen) atoms. The van der Waals surface area contributed by atoms with Crippen LogP contribution in [0.25, 0.3) is 0 Å². The van der Waals surface area contributed by atoms with Gasteiger partial charge in [-0.15, -0.1) is 0 Å². The van der Waals surface area contributed by atoms with Crippen LogP contribution >= 0.6 is 0 Å². The molecule has 0 fully saturated rings. The second-order valence-electron chi connectivity index (χ2n) is 5.23. The SMILES string of the molecule is O=[N+]([O-])c1cccc(F)c1NCC1NCCc2ccccc21. The van der Waals surface area contributed by atoms with Crippen LogP contribution < -0.4 is 10.6 Å². The molecule has 1 unspecified atom stereocenters. The molecule has 0 saturated carbocycles. The maximum atomic E-state index is 13.9. The quantitative estimate of drug-likeness (QED) is 0.673. The highest BCUT2D eigenvalue weighted by Gasteiger charge is 2.22. The number of benzene rings is 2. The lowest BCUT2D eigenvalue weighted by Crippen LogP contribution is -2.34. The van der Waals surface area contributed by atoms with E-state index in [2.05, 4.69) is 16.7 Å². The van der Waals surface area contributed by atoms with Crippen molar-refractivity contribution in [2.45, 2.75) is 12.5 Å². The summed E-state index contributed by atoms with van der Waals surface area (Å²) < 4.78 is 13.9. The first kappa shape index (κ1) is 14.5. The molecule has 6 heteroatoms. The van der Waals surface area contributed by atoms with Crippen molar-refractivity contribution in [3.63, 3.8) is 0 Å². The van der Waals surface area contributed by atoms with Crippen molar-refractivity contribution in [1.82, 2.24) is 5.32 Å². The number of nitro benzene ring substituents is 1. The first-order valence-electron chi connectivity index (χ1n) is 7.15. The second kappa shape index (κ2) is 6.11. The van der Waals surface area contributed by atoms with Gasteiger partial charge < -0.3 is 10.6 Å². The number of anilines is 1. The van der Waals surface area contributed by atoms with Crippen LogP contribution in [0.3, 0.4) is 0 Å². The van der Waals surface area contributed by atoms with Gasteiger partial charge in [-0.25, -0.2) is 4.39 Å². The molecular weight excluding hydrogens is 285 g/mol. The Morgan fingerprint density at radius 2 is 2.09 bits per heavy atom. The van der Waals surface area contributed by atoms with Crippen LogP contribution in [-0.2, 0) is 6.42 Å². The number of para-hydroxylation sites is 1. The molecular formula is C16H16FN3O2. The molecule has 114 valence electrons. The van der Waals surface area contributed by atoms with Gasteiger partial charge in [0, 0.05) is 18.7 Å². The molecule has 1 heterocycles. The summed E-state index contributed by atoms with van der Waals surface area (Å²) in [5.74, 6) is -0.613. The highest BCUT2D eigenvalue weighted by Crippen LogP contribution is 2.29. The number of nitrogens with zero attached hydrogens (tertiary/aromatic N) is 1. The highest BCUT2D eigenvalue weighted by atomic mass is 19.1. The Morgan fingerprint density at radius 1 is 1.27 bits per heavy atom. The van der Waals surface area contributed by atoms with Gasteiger partial charge >= 0.3 is 0 Å². The molecule has 0 amide bonds. The number of fused-ring (bicyclic) bond motifs is 1. The van der Waals surface area contributed by atoms with Gasteiger partial charge in [0.25, 0.3) is 5.69 Å². The summed E-state index contributed by atoms with van der Waals surface area (Å²) in [4.78, 5) is 10.4. The monoisotopic (exact) mass is 301 g/mol. The molecule has 0 radical (unpaired) electrons. The Bertz CT molecular complexity index is 706. The Balaban J connectivity index is 1.81. The predicted molar refractivity (Wildman–Crippen MR) is 82.4 cm³/mol. The maximum absolute atomic E-state index is 13.9. The van der Waals surface area contributed by atoms with E-state index in [1.807, 2.05) is 18.2 Å². The molecule has 2 aromatic carbocycles. The first-order chi connectivity index (χ1) is 10.7. The molecule has 2 N–H and O–H groups in total. The Hall–Kier alpha value is -2.47. The minimum absolute atomic E-state index is 0.00385. The lowest BCUT2D eigenvalue weighted by atomic mass is 9.94. The first-order valence-corrected chi connectivity index (χ1v) is 7.15. The van der Waals surface area contributed by atoms with Crippen molar-refractivity contribution in [3.05, 3.63) is 69.5 Å². The number of nitrogens with one attached hydrogen (secondary N) is 2. The molecule has 5 nitrogen and oxygen atoms in total. The van der Waals surface area contributed by atoms with E-state index in [1.165, 1.54) is 23.8 Å². The summed E-state index contributed by atoms with van der Waals surface area (Å²) in [5.41, 5.74) is 2.11. The van der Waals surface area contributed by atoms with Crippen LogP contribution in [0.5, 0.6) is 0 Å². The van der Waals surface area contributed by atoms with Gasteiger partial charge in [0.1, 0.15) is 5.69 Å². The summed E-state index contributed by atoms with van der Waals surface area (Å²) in [7, 11) is 0. The topological polar surface area (TPSA) is 67.2 Å². The van der Waals surface area contributed by atoms with Crippen molar-refractivity contribution in [1.29, 1.82) is 0 Å². The molecule has 1 aliphatic rings. The fraction of sp³-hybridized carbons (Fsp3) is 0.250. The van der Waals surface area contributed by atoms with Gasteiger partial charge in [-0.05, 0) is 30.2 Å². The van der Waals surface area contributed by atoms with Crippen molar-refractivity contribution in [3.8, 4) is 0 Å². The third-order valence-corrected chi connectivity index (χ3v) is 3.89. The van der Waals surface area contributed by atoms with Crippen LogP contribution in [0.1, 0.15) is 17.2 Å². The highest BCUT2D eigenvalue weighted by molar-refractivity contribution is 5.62. The van der Waals surface area contributed by atoms with Crippen molar-refractivity contribution in [2.24, 2.45) is 0 Å². The number of nitro groups is 1. The molecule has 1 atom stereocenters. The maximum Gasteiger partial charge on any atom is 0.295 e. The van der Waals surface area contributed by atoms with E-state index in [9.17, 15) is 14.5 Å². The standard InChI is InChI=1S/C16H16FN3O2/c17-13-6-3-7-15(20(21)22)16(13)19-10-14-12-5-2-1-4-11(12)8-9-18-14/h1-7,14,18-19H,8-10H2. The third-order valence-electron chi connectivity index (χ3n) is 3.89. The fourth-order valence-electron chi connectivity index (χ4n) is 2.82. The van der Waals surface area contributed by atoms with Crippen molar-refractivity contribution in [2.75, 3.05) is 18.4 Å². The van der Waals surface area contributed by atoms with E-state index in [0.29, 0.717) is 6.54 Å². The summed E-state index contributed by atoms with van der Waals surface area (Å²) in [6, 6.07) is 11.9. The number of hydrogen-bond acceptors (Lipinski definition) is 4. The fourth-order valence-corrected chi connectivity index (χ4v) is 2.82. The van der Waals surface area contributed by atoms with Gasteiger partial charge in [-0.1, -0.05) is 30.3 Å². The molecule has 1 aliphatic heterocycles. The molecule has 0 spiro atoms.